The Bertz CT molecular complexity index is 833. The summed E-state index contributed by atoms with van der Waals surface area (Å²) in [7, 11) is 1.78. The SMILES string of the molecule is CN(CC1CCOCC1)C(=O)c1ccc2[nH]c(=O)c(=O)[nH]c2c1. The second-order valence-electron chi connectivity index (χ2n) is 5.91. The predicted molar refractivity (Wildman–Crippen MR) is 85.7 cm³/mol. The van der Waals surface area contributed by atoms with E-state index in [1.807, 2.05) is 0 Å². The number of nitrogens with one attached hydrogen (secondary N) is 2. The van der Waals surface area contributed by atoms with E-state index in [0.29, 0.717) is 29.1 Å². The Balaban J connectivity index is 1.81. The molecule has 1 fully saturated rings. The number of H-pyrrole nitrogens is 2. The molecule has 0 spiro atoms. The van der Waals surface area contributed by atoms with Gasteiger partial charge in [-0.15, -0.1) is 0 Å². The molecule has 1 aromatic carbocycles. The molecule has 2 aromatic rings. The zero-order valence-electron chi connectivity index (χ0n) is 12.9. The van der Waals surface area contributed by atoms with E-state index in [2.05, 4.69) is 9.97 Å². The Morgan fingerprint density at radius 3 is 2.52 bits per heavy atom. The lowest BCUT2D eigenvalue weighted by molar-refractivity contribution is 0.0497. The van der Waals surface area contributed by atoms with Crippen LogP contribution in [0, 0.1) is 5.92 Å². The van der Waals surface area contributed by atoms with Gasteiger partial charge in [0.25, 0.3) is 5.91 Å². The van der Waals surface area contributed by atoms with Gasteiger partial charge < -0.3 is 19.6 Å². The molecular formula is C16H19N3O4. The Morgan fingerprint density at radius 1 is 1.17 bits per heavy atom. The number of rotatable bonds is 3. The molecule has 1 saturated heterocycles. The van der Waals surface area contributed by atoms with E-state index >= 15 is 0 Å². The van der Waals surface area contributed by atoms with Gasteiger partial charge in [0.15, 0.2) is 0 Å². The first-order valence-corrected chi connectivity index (χ1v) is 7.64. The van der Waals surface area contributed by atoms with Crippen molar-refractivity contribution in [3.63, 3.8) is 0 Å². The van der Waals surface area contributed by atoms with Crippen molar-refractivity contribution in [1.82, 2.24) is 14.9 Å². The summed E-state index contributed by atoms with van der Waals surface area (Å²) in [5.41, 5.74) is -0.00113. The topological polar surface area (TPSA) is 95.3 Å². The molecule has 122 valence electrons. The number of fused-ring (bicyclic) bond motifs is 1. The van der Waals surface area contributed by atoms with Crippen molar-refractivity contribution in [2.45, 2.75) is 12.8 Å². The van der Waals surface area contributed by atoms with Gasteiger partial charge >= 0.3 is 11.1 Å². The predicted octanol–water partition coefficient (Wildman–Crippen LogP) is 0.715. The van der Waals surface area contributed by atoms with Crippen LogP contribution in [0.5, 0.6) is 0 Å². The van der Waals surface area contributed by atoms with Gasteiger partial charge in [0, 0.05) is 32.4 Å². The number of hydrogen-bond donors (Lipinski definition) is 2. The minimum absolute atomic E-state index is 0.106. The Labute approximate surface area is 132 Å². The van der Waals surface area contributed by atoms with E-state index in [4.69, 9.17) is 4.74 Å². The summed E-state index contributed by atoms with van der Waals surface area (Å²) < 4.78 is 5.33. The van der Waals surface area contributed by atoms with Crippen molar-refractivity contribution in [2.75, 3.05) is 26.8 Å². The van der Waals surface area contributed by atoms with E-state index in [1.54, 1.807) is 30.1 Å². The van der Waals surface area contributed by atoms with Crippen molar-refractivity contribution in [2.24, 2.45) is 5.92 Å². The molecule has 7 heteroatoms. The highest BCUT2D eigenvalue weighted by atomic mass is 16.5. The highest BCUT2D eigenvalue weighted by molar-refractivity contribution is 5.97. The zero-order chi connectivity index (χ0) is 16.4. The maximum absolute atomic E-state index is 12.5. The first-order chi connectivity index (χ1) is 11.0. The highest BCUT2D eigenvalue weighted by Gasteiger charge is 2.19. The monoisotopic (exact) mass is 317 g/mol. The van der Waals surface area contributed by atoms with Gasteiger partial charge in [0.1, 0.15) is 0 Å². The molecule has 23 heavy (non-hydrogen) atoms. The van der Waals surface area contributed by atoms with Gasteiger partial charge in [-0.25, -0.2) is 0 Å². The number of aromatic amines is 2. The summed E-state index contributed by atoms with van der Waals surface area (Å²) in [6, 6.07) is 4.87. The van der Waals surface area contributed by atoms with Crippen molar-refractivity contribution >= 4 is 16.9 Å². The Morgan fingerprint density at radius 2 is 1.83 bits per heavy atom. The van der Waals surface area contributed by atoms with Crippen molar-refractivity contribution in [3.8, 4) is 0 Å². The van der Waals surface area contributed by atoms with Crippen LogP contribution < -0.4 is 11.1 Å². The van der Waals surface area contributed by atoms with E-state index in [0.717, 1.165) is 26.1 Å². The van der Waals surface area contributed by atoms with Crippen LogP contribution in [0.25, 0.3) is 11.0 Å². The maximum atomic E-state index is 12.5. The largest absolute Gasteiger partial charge is 0.381 e. The van der Waals surface area contributed by atoms with E-state index < -0.39 is 11.1 Å². The fourth-order valence-corrected chi connectivity index (χ4v) is 2.87. The van der Waals surface area contributed by atoms with Crippen LogP contribution in [0.1, 0.15) is 23.2 Å². The smallest absolute Gasteiger partial charge is 0.314 e. The summed E-state index contributed by atoms with van der Waals surface area (Å²) in [5.74, 6) is 0.347. The molecule has 1 aliphatic heterocycles. The van der Waals surface area contributed by atoms with Gasteiger partial charge in [-0.3, -0.25) is 14.4 Å². The summed E-state index contributed by atoms with van der Waals surface area (Å²) >= 11 is 0. The van der Waals surface area contributed by atoms with E-state index in [9.17, 15) is 14.4 Å². The molecule has 7 nitrogen and oxygen atoms in total. The van der Waals surface area contributed by atoms with Crippen LogP contribution in [0.4, 0.5) is 0 Å². The number of hydrogen-bond acceptors (Lipinski definition) is 4. The lowest BCUT2D eigenvalue weighted by Gasteiger charge is -2.27. The van der Waals surface area contributed by atoms with E-state index in [1.165, 1.54) is 0 Å². The molecule has 2 N–H and O–H groups in total. The van der Waals surface area contributed by atoms with Gasteiger partial charge in [-0.1, -0.05) is 0 Å². The van der Waals surface area contributed by atoms with Gasteiger partial charge in [-0.05, 0) is 37.0 Å². The third-order valence-corrected chi connectivity index (χ3v) is 4.19. The standard InChI is InChI=1S/C16H19N3O4/c1-19(9-10-4-6-23-7-5-10)16(22)11-2-3-12-13(8-11)18-15(21)14(20)17-12/h2-3,8,10H,4-7,9H2,1H3,(H,17,20)(H,18,21). The number of ether oxygens (including phenoxy) is 1. The van der Waals surface area contributed by atoms with Crippen LogP contribution in [0.3, 0.4) is 0 Å². The molecule has 1 aliphatic rings. The van der Waals surface area contributed by atoms with Crippen LogP contribution in [0.15, 0.2) is 27.8 Å². The molecular weight excluding hydrogens is 298 g/mol. The lowest BCUT2D eigenvalue weighted by Crippen LogP contribution is -2.34. The van der Waals surface area contributed by atoms with Crippen molar-refractivity contribution in [1.29, 1.82) is 0 Å². The number of benzene rings is 1. The summed E-state index contributed by atoms with van der Waals surface area (Å²) in [6.07, 6.45) is 1.92. The van der Waals surface area contributed by atoms with Crippen LogP contribution in [-0.4, -0.2) is 47.6 Å². The average Bonchev–Trinajstić information content (AvgIpc) is 2.55. The molecule has 0 aliphatic carbocycles. The molecule has 0 saturated carbocycles. The van der Waals surface area contributed by atoms with Gasteiger partial charge in [0.2, 0.25) is 0 Å². The third-order valence-electron chi connectivity index (χ3n) is 4.19. The Kier molecular flexibility index (Phi) is 4.29. The normalized spacial score (nSPS) is 15.7. The molecule has 0 radical (unpaired) electrons. The highest BCUT2D eigenvalue weighted by Crippen LogP contribution is 2.17. The van der Waals surface area contributed by atoms with Crippen LogP contribution in [0.2, 0.25) is 0 Å². The molecule has 0 bridgehead atoms. The molecule has 2 heterocycles. The van der Waals surface area contributed by atoms with Crippen LogP contribution >= 0.6 is 0 Å². The second kappa shape index (κ2) is 6.37. The number of amides is 1. The fourth-order valence-electron chi connectivity index (χ4n) is 2.87. The summed E-state index contributed by atoms with van der Waals surface area (Å²) in [5, 5.41) is 0. The summed E-state index contributed by atoms with van der Waals surface area (Å²) in [4.78, 5) is 41.9. The van der Waals surface area contributed by atoms with Gasteiger partial charge in [-0.2, -0.15) is 0 Å². The fraction of sp³-hybridized carbons (Fsp3) is 0.438. The zero-order valence-corrected chi connectivity index (χ0v) is 12.9. The quantitative estimate of drug-likeness (QED) is 0.815. The molecule has 1 amide bonds. The minimum Gasteiger partial charge on any atom is -0.381 e. The van der Waals surface area contributed by atoms with Crippen molar-refractivity contribution < 1.29 is 9.53 Å². The number of carbonyl (C=O) groups is 1. The first-order valence-electron chi connectivity index (χ1n) is 7.64. The molecule has 0 atom stereocenters. The third kappa shape index (κ3) is 3.34. The number of carbonyl (C=O) groups excluding carboxylic acids is 1. The first kappa shape index (κ1) is 15.5. The summed E-state index contributed by atoms with van der Waals surface area (Å²) in [6.45, 7) is 2.18. The average molecular weight is 317 g/mol. The van der Waals surface area contributed by atoms with Gasteiger partial charge in [0.05, 0.1) is 11.0 Å². The molecule has 1 aromatic heterocycles. The number of nitrogens with zero attached hydrogens (tertiary/aromatic N) is 1. The lowest BCUT2D eigenvalue weighted by atomic mass is 9.99. The number of aromatic nitrogens is 2. The van der Waals surface area contributed by atoms with E-state index in [-0.39, 0.29) is 5.91 Å². The minimum atomic E-state index is -0.724. The van der Waals surface area contributed by atoms with Crippen molar-refractivity contribution in [3.05, 3.63) is 44.5 Å². The maximum Gasteiger partial charge on any atom is 0.314 e. The second-order valence-corrected chi connectivity index (χ2v) is 5.91. The molecule has 0 unspecified atom stereocenters. The van der Waals surface area contributed by atoms with Crippen LogP contribution in [-0.2, 0) is 4.74 Å². The molecule has 3 rings (SSSR count). The Hall–Kier alpha value is -2.41.